The summed E-state index contributed by atoms with van der Waals surface area (Å²) in [7, 11) is 0. The molecule has 5 nitrogen and oxygen atoms in total. The van der Waals surface area contributed by atoms with Crippen molar-refractivity contribution in [1.29, 1.82) is 0 Å². The van der Waals surface area contributed by atoms with Gasteiger partial charge in [0.15, 0.2) is 11.6 Å². The van der Waals surface area contributed by atoms with E-state index in [1.54, 1.807) is 12.1 Å². The van der Waals surface area contributed by atoms with E-state index in [1.807, 2.05) is 30.3 Å². The molecule has 0 aromatic heterocycles. The van der Waals surface area contributed by atoms with E-state index in [1.165, 1.54) is 12.8 Å². The van der Waals surface area contributed by atoms with Crippen LogP contribution in [0.3, 0.4) is 0 Å². The Kier molecular flexibility index (Phi) is 7.26. The summed E-state index contributed by atoms with van der Waals surface area (Å²) in [6.45, 7) is 4.46. The Morgan fingerprint density at radius 1 is 1.09 bits per heavy atom. The normalized spacial score (nSPS) is 21.6. The van der Waals surface area contributed by atoms with Crippen molar-refractivity contribution in [2.45, 2.75) is 50.7 Å². The number of likely N-dealkylation sites (tertiary alicyclic amines) is 1. The monoisotopic (exact) mass is 485 g/mol. The molecule has 1 N–H and O–H groups in total. The average molecular weight is 486 g/mol. The summed E-state index contributed by atoms with van der Waals surface area (Å²) in [4.78, 5) is 17.9. The largest absolute Gasteiger partial charge is 0.487 e. The van der Waals surface area contributed by atoms with Gasteiger partial charge in [-0.05, 0) is 93.6 Å². The second-order valence-electron chi connectivity index (χ2n) is 9.91. The van der Waals surface area contributed by atoms with Crippen molar-refractivity contribution in [3.05, 3.63) is 58.9 Å². The van der Waals surface area contributed by atoms with Crippen LogP contribution < -0.4 is 15.0 Å². The van der Waals surface area contributed by atoms with Crippen LogP contribution >= 0.6 is 11.6 Å². The Labute approximate surface area is 206 Å². The minimum Gasteiger partial charge on any atom is -0.487 e. The number of hydrogen-bond acceptors (Lipinski definition) is 4. The third-order valence-electron chi connectivity index (χ3n) is 7.07. The fourth-order valence-electron chi connectivity index (χ4n) is 5.03. The molecule has 2 saturated heterocycles. The zero-order chi connectivity index (χ0) is 23.5. The van der Waals surface area contributed by atoms with Crippen molar-refractivity contribution in [2.24, 2.45) is 5.92 Å². The van der Waals surface area contributed by atoms with Gasteiger partial charge in [-0.15, -0.1) is 0 Å². The van der Waals surface area contributed by atoms with E-state index in [9.17, 15) is 9.18 Å². The summed E-state index contributed by atoms with van der Waals surface area (Å²) in [6, 6.07) is 13.0. The van der Waals surface area contributed by atoms with Crippen molar-refractivity contribution < 1.29 is 13.9 Å². The molecule has 3 aliphatic rings. The summed E-state index contributed by atoms with van der Waals surface area (Å²) in [5, 5.41) is 4.02. The molecule has 3 fully saturated rings. The first kappa shape index (κ1) is 23.4. The summed E-state index contributed by atoms with van der Waals surface area (Å²) < 4.78 is 20.2. The van der Waals surface area contributed by atoms with Crippen LogP contribution in [-0.2, 0) is 11.2 Å². The van der Waals surface area contributed by atoms with E-state index < -0.39 is 0 Å². The van der Waals surface area contributed by atoms with Crippen LogP contribution in [0.2, 0.25) is 5.02 Å². The molecule has 0 bridgehead atoms. The van der Waals surface area contributed by atoms with Crippen LogP contribution in [-0.4, -0.2) is 55.7 Å². The first-order chi connectivity index (χ1) is 16.5. The number of nitrogens with one attached hydrogen (secondary N) is 1. The molecule has 1 unspecified atom stereocenters. The van der Waals surface area contributed by atoms with E-state index in [0.717, 1.165) is 56.7 Å². The quantitative estimate of drug-likeness (QED) is 0.560. The second-order valence-corrected chi connectivity index (χ2v) is 10.3. The molecule has 182 valence electrons. The van der Waals surface area contributed by atoms with Gasteiger partial charge in [-0.25, -0.2) is 4.39 Å². The second kappa shape index (κ2) is 10.5. The number of rotatable bonds is 9. The molecule has 34 heavy (non-hydrogen) atoms. The Hall–Kier alpha value is -2.31. The van der Waals surface area contributed by atoms with E-state index in [2.05, 4.69) is 15.1 Å². The highest BCUT2D eigenvalue weighted by Crippen LogP contribution is 2.29. The van der Waals surface area contributed by atoms with Gasteiger partial charge in [0, 0.05) is 36.4 Å². The fraction of sp³-hybridized carbons (Fsp3) is 0.519. The van der Waals surface area contributed by atoms with E-state index >= 15 is 0 Å². The van der Waals surface area contributed by atoms with Gasteiger partial charge in [-0.2, -0.15) is 0 Å². The standard InChI is InChI=1S/C27H33ClFN3O2/c28-21-4-6-23(7-5-21)32-14-11-20(17-32)27(33)30-22(18-31-12-1-2-13-31)15-19-3-10-26(25(29)16-19)34-24-8-9-24/h3-7,10,16,20,22,24H,1-2,8-9,11-15,17-18H2,(H,30,33)/t20-,22?/m1/s1. The Morgan fingerprint density at radius 2 is 1.85 bits per heavy atom. The van der Waals surface area contributed by atoms with Crippen LogP contribution in [0.4, 0.5) is 10.1 Å². The lowest BCUT2D eigenvalue weighted by atomic mass is 10.0. The number of anilines is 1. The molecule has 5 rings (SSSR count). The maximum atomic E-state index is 14.6. The van der Waals surface area contributed by atoms with Crippen LogP contribution in [0.25, 0.3) is 0 Å². The number of halogens is 2. The molecule has 1 aliphatic carbocycles. The van der Waals surface area contributed by atoms with Gasteiger partial charge < -0.3 is 19.9 Å². The number of ether oxygens (including phenoxy) is 1. The van der Waals surface area contributed by atoms with Crippen molar-refractivity contribution in [2.75, 3.05) is 37.6 Å². The molecule has 1 amide bonds. The third-order valence-corrected chi connectivity index (χ3v) is 7.32. The zero-order valence-electron chi connectivity index (χ0n) is 19.5. The zero-order valence-corrected chi connectivity index (χ0v) is 20.3. The van der Waals surface area contributed by atoms with E-state index in [4.69, 9.17) is 16.3 Å². The summed E-state index contributed by atoms with van der Waals surface area (Å²) in [5.41, 5.74) is 1.98. The number of carbonyl (C=O) groups is 1. The Morgan fingerprint density at radius 3 is 2.56 bits per heavy atom. The first-order valence-corrected chi connectivity index (χ1v) is 12.9. The Balaban J connectivity index is 1.22. The number of nitrogens with zero attached hydrogens (tertiary/aromatic N) is 2. The predicted octanol–water partition coefficient (Wildman–Crippen LogP) is 4.67. The average Bonchev–Trinajstić information content (AvgIpc) is 3.26. The lowest BCUT2D eigenvalue weighted by molar-refractivity contribution is -0.125. The smallest absolute Gasteiger partial charge is 0.225 e. The summed E-state index contributed by atoms with van der Waals surface area (Å²) >= 11 is 6.02. The van der Waals surface area contributed by atoms with Crippen LogP contribution in [0.15, 0.2) is 42.5 Å². The van der Waals surface area contributed by atoms with Crippen molar-refractivity contribution in [1.82, 2.24) is 10.2 Å². The molecule has 2 aliphatic heterocycles. The molecular weight excluding hydrogens is 453 g/mol. The minimum absolute atomic E-state index is 0.0511. The molecule has 2 heterocycles. The third kappa shape index (κ3) is 6.02. The fourth-order valence-corrected chi connectivity index (χ4v) is 5.16. The summed E-state index contributed by atoms with van der Waals surface area (Å²) in [6.07, 6.45) is 6.00. The maximum Gasteiger partial charge on any atom is 0.225 e. The summed E-state index contributed by atoms with van der Waals surface area (Å²) in [5.74, 6) is 0.0577. The molecule has 2 atom stereocenters. The number of carbonyl (C=O) groups excluding carboxylic acids is 1. The first-order valence-electron chi connectivity index (χ1n) is 12.5. The number of amides is 1. The molecular formula is C27H33ClFN3O2. The van der Waals surface area contributed by atoms with Gasteiger partial charge in [-0.1, -0.05) is 17.7 Å². The lowest BCUT2D eigenvalue weighted by Crippen LogP contribution is -2.46. The van der Waals surface area contributed by atoms with Gasteiger partial charge in [0.05, 0.1) is 12.0 Å². The van der Waals surface area contributed by atoms with E-state index in [0.29, 0.717) is 23.7 Å². The van der Waals surface area contributed by atoms with Gasteiger partial charge in [0.25, 0.3) is 0 Å². The molecule has 2 aromatic rings. The van der Waals surface area contributed by atoms with Gasteiger partial charge in [-0.3, -0.25) is 4.79 Å². The van der Waals surface area contributed by atoms with Gasteiger partial charge in [0.1, 0.15) is 0 Å². The van der Waals surface area contributed by atoms with Gasteiger partial charge >= 0.3 is 0 Å². The molecule has 0 spiro atoms. The van der Waals surface area contributed by atoms with Crippen molar-refractivity contribution >= 4 is 23.2 Å². The molecule has 1 saturated carbocycles. The number of benzene rings is 2. The van der Waals surface area contributed by atoms with Crippen molar-refractivity contribution in [3.8, 4) is 5.75 Å². The molecule has 7 heteroatoms. The predicted molar refractivity (Wildman–Crippen MR) is 133 cm³/mol. The molecule has 0 radical (unpaired) electrons. The van der Waals surface area contributed by atoms with Crippen molar-refractivity contribution in [3.63, 3.8) is 0 Å². The highest BCUT2D eigenvalue weighted by molar-refractivity contribution is 6.30. The van der Waals surface area contributed by atoms with Crippen LogP contribution in [0, 0.1) is 11.7 Å². The van der Waals surface area contributed by atoms with Crippen LogP contribution in [0.5, 0.6) is 5.75 Å². The highest BCUT2D eigenvalue weighted by Gasteiger charge is 2.31. The maximum absolute atomic E-state index is 14.6. The lowest BCUT2D eigenvalue weighted by Gasteiger charge is -2.26. The molecule has 2 aromatic carbocycles. The van der Waals surface area contributed by atoms with Crippen LogP contribution in [0.1, 0.15) is 37.7 Å². The minimum atomic E-state index is -0.315. The SMILES string of the molecule is O=C(NC(Cc1ccc(OC2CC2)c(F)c1)CN1CCCC1)[C@@H]1CCN(c2ccc(Cl)cc2)C1. The van der Waals surface area contributed by atoms with Gasteiger partial charge in [0.2, 0.25) is 5.91 Å². The van der Waals surface area contributed by atoms with E-state index in [-0.39, 0.29) is 29.8 Å². The topological polar surface area (TPSA) is 44.8 Å². The number of hydrogen-bond donors (Lipinski definition) is 1. The Bertz CT molecular complexity index is 992. The highest BCUT2D eigenvalue weighted by atomic mass is 35.5.